The lowest BCUT2D eigenvalue weighted by Crippen LogP contribution is -2.30. The Hall–Kier alpha value is -2.54. The molecular weight excluding hydrogens is 340 g/mol. The largest absolute Gasteiger partial charge is 0.481 e. The van der Waals surface area contributed by atoms with Gasteiger partial charge in [0.25, 0.3) is 5.91 Å². The van der Waals surface area contributed by atoms with Gasteiger partial charge in [0.15, 0.2) is 6.10 Å². The van der Waals surface area contributed by atoms with Crippen molar-refractivity contribution >= 4 is 27.3 Å². The quantitative estimate of drug-likeness (QED) is 0.857. The molecule has 7 heteroatoms. The molecule has 0 aliphatic heterocycles. The van der Waals surface area contributed by atoms with Crippen LogP contribution in [-0.4, -0.2) is 33.7 Å². The van der Waals surface area contributed by atoms with Gasteiger partial charge in [-0.15, -0.1) is 0 Å². The number of hydrogen-bond donors (Lipinski definition) is 1. The molecule has 134 valence electrons. The molecule has 1 amide bonds. The summed E-state index contributed by atoms with van der Waals surface area (Å²) in [5, 5.41) is 2.80. The molecule has 0 saturated heterocycles. The summed E-state index contributed by atoms with van der Waals surface area (Å²) < 4.78 is 29.8. The van der Waals surface area contributed by atoms with Crippen molar-refractivity contribution in [1.29, 1.82) is 0 Å². The van der Waals surface area contributed by atoms with Crippen molar-refractivity contribution in [2.24, 2.45) is 0 Å². The standard InChI is InChI=1S/C18H22N2O4S/c1-13-6-5-7-15(12-13)19-18(21)14(2)24-17-10-8-16(9-11-17)20(3)25(4,22)23/h5-12,14H,1-4H3,(H,19,21). The fourth-order valence-corrected chi connectivity index (χ4v) is 2.66. The van der Waals surface area contributed by atoms with E-state index in [1.165, 1.54) is 11.4 Å². The molecule has 6 nitrogen and oxygen atoms in total. The molecule has 0 aliphatic carbocycles. The summed E-state index contributed by atoms with van der Waals surface area (Å²) in [6, 6.07) is 14.0. The molecule has 0 bridgehead atoms. The van der Waals surface area contributed by atoms with Gasteiger partial charge in [0, 0.05) is 12.7 Å². The summed E-state index contributed by atoms with van der Waals surface area (Å²) in [5.74, 6) is 0.223. The number of benzene rings is 2. The number of anilines is 2. The Morgan fingerprint density at radius 2 is 1.80 bits per heavy atom. The Balaban J connectivity index is 2.00. The average molecular weight is 362 g/mol. The third-order valence-corrected chi connectivity index (χ3v) is 4.87. The van der Waals surface area contributed by atoms with Crippen molar-refractivity contribution in [3.8, 4) is 5.75 Å². The van der Waals surface area contributed by atoms with E-state index in [2.05, 4.69) is 5.32 Å². The number of rotatable bonds is 6. The normalized spacial score (nSPS) is 12.3. The number of carbonyl (C=O) groups is 1. The number of aryl methyl sites for hydroxylation is 1. The Bertz CT molecular complexity index is 848. The predicted octanol–water partition coefficient (Wildman–Crippen LogP) is 2.80. The van der Waals surface area contributed by atoms with E-state index in [-0.39, 0.29) is 5.91 Å². The fraction of sp³-hybridized carbons (Fsp3) is 0.278. The molecule has 1 atom stereocenters. The maximum atomic E-state index is 12.2. The van der Waals surface area contributed by atoms with Crippen molar-refractivity contribution in [2.75, 3.05) is 22.9 Å². The third kappa shape index (κ3) is 5.22. The summed E-state index contributed by atoms with van der Waals surface area (Å²) in [5.41, 5.74) is 2.29. The van der Waals surface area contributed by atoms with E-state index in [0.717, 1.165) is 11.8 Å². The highest BCUT2D eigenvalue weighted by Crippen LogP contribution is 2.21. The highest BCUT2D eigenvalue weighted by molar-refractivity contribution is 7.92. The van der Waals surface area contributed by atoms with Crippen LogP contribution in [0, 0.1) is 6.92 Å². The number of carbonyl (C=O) groups excluding carboxylic acids is 1. The first-order chi connectivity index (χ1) is 11.7. The van der Waals surface area contributed by atoms with Gasteiger partial charge in [-0.2, -0.15) is 0 Å². The molecule has 0 heterocycles. The second-order valence-corrected chi connectivity index (χ2v) is 7.86. The number of ether oxygens (including phenoxy) is 1. The van der Waals surface area contributed by atoms with Crippen molar-refractivity contribution in [2.45, 2.75) is 20.0 Å². The van der Waals surface area contributed by atoms with Gasteiger partial charge in [0.1, 0.15) is 5.75 Å². The lowest BCUT2D eigenvalue weighted by Gasteiger charge is -2.18. The smallest absolute Gasteiger partial charge is 0.265 e. The van der Waals surface area contributed by atoms with Crippen molar-refractivity contribution in [1.82, 2.24) is 0 Å². The van der Waals surface area contributed by atoms with Gasteiger partial charge in [-0.1, -0.05) is 12.1 Å². The van der Waals surface area contributed by atoms with Crippen LogP contribution in [0.15, 0.2) is 48.5 Å². The molecule has 0 saturated carbocycles. The van der Waals surface area contributed by atoms with Gasteiger partial charge in [0.2, 0.25) is 10.0 Å². The highest BCUT2D eigenvalue weighted by atomic mass is 32.2. The van der Waals surface area contributed by atoms with E-state index in [9.17, 15) is 13.2 Å². The molecule has 0 aromatic heterocycles. The first kappa shape index (κ1) is 18.8. The molecule has 2 rings (SSSR count). The van der Waals surface area contributed by atoms with Crippen LogP contribution in [0.2, 0.25) is 0 Å². The second kappa shape index (κ2) is 7.57. The zero-order valence-electron chi connectivity index (χ0n) is 14.7. The molecule has 2 aromatic rings. The monoisotopic (exact) mass is 362 g/mol. The summed E-state index contributed by atoms with van der Waals surface area (Å²) in [7, 11) is -1.84. The number of sulfonamides is 1. The van der Waals surface area contributed by atoms with E-state index in [1.54, 1.807) is 31.2 Å². The van der Waals surface area contributed by atoms with Crippen LogP contribution in [0.3, 0.4) is 0 Å². The number of nitrogens with zero attached hydrogens (tertiary/aromatic N) is 1. The van der Waals surface area contributed by atoms with E-state index in [4.69, 9.17) is 4.74 Å². The fourth-order valence-electron chi connectivity index (χ4n) is 2.15. The van der Waals surface area contributed by atoms with Gasteiger partial charge >= 0.3 is 0 Å². The Morgan fingerprint density at radius 1 is 1.16 bits per heavy atom. The SMILES string of the molecule is Cc1cccc(NC(=O)C(C)Oc2ccc(N(C)S(C)(=O)=O)cc2)c1. The second-order valence-electron chi connectivity index (χ2n) is 5.84. The topological polar surface area (TPSA) is 75.7 Å². The third-order valence-electron chi connectivity index (χ3n) is 3.67. The minimum Gasteiger partial charge on any atom is -0.481 e. The van der Waals surface area contributed by atoms with Crippen molar-refractivity contribution < 1.29 is 17.9 Å². The Kier molecular flexibility index (Phi) is 5.69. The number of amides is 1. The van der Waals surface area contributed by atoms with Crippen LogP contribution in [0.5, 0.6) is 5.75 Å². The van der Waals surface area contributed by atoms with Crippen molar-refractivity contribution in [3.63, 3.8) is 0 Å². The van der Waals surface area contributed by atoms with Gasteiger partial charge in [0.05, 0.1) is 11.9 Å². The Morgan fingerprint density at radius 3 is 2.36 bits per heavy atom. The van der Waals surface area contributed by atoms with Crippen LogP contribution >= 0.6 is 0 Å². The zero-order valence-corrected chi connectivity index (χ0v) is 15.5. The highest BCUT2D eigenvalue weighted by Gasteiger charge is 2.16. The molecule has 1 unspecified atom stereocenters. The van der Waals surface area contributed by atoms with E-state index >= 15 is 0 Å². The first-order valence-corrected chi connectivity index (χ1v) is 9.60. The molecule has 2 aromatic carbocycles. The zero-order chi connectivity index (χ0) is 18.6. The maximum absolute atomic E-state index is 12.2. The summed E-state index contributed by atoms with van der Waals surface area (Å²) in [6.07, 6.45) is 0.439. The molecule has 25 heavy (non-hydrogen) atoms. The van der Waals surface area contributed by atoms with E-state index < -0.39 is 16.1 Å². The van der Waals surface area contributed by atoms with Crippen LogP contribution in [0.1, 0.15) is 12.5 Å². The lowest BCUT2D eigenvalue weighted by molar-refractivity contribution is -0.122. The van der Waals surface area contributed by atoms with Gasteiger partial charge in [-0.3, -0.25) is 9.10 Å². The number of nitrogens with one attached hydrogen (secondary N) is 1. The van der Waals surface area contributed by atoms with Crippen LogP contribution in [0.4, 0.5) is 11.4 Å². The van der Waals surface area contributed by atoms with E-state index in [0.29, 0.717) is 17.1 Å². The minimum atomic E-state index is -3.31. The maximum Gasteiger partial charge on any atom is 0.265 e. The predicted molar refractivity (Wildman–Crippen MR) is 99.6 cm³/mol. The van der Waals surface area contributed by atoms with Crippen molar-refractivity contribution in [3.05, 3.63) is 54.1 Å². The molecule has 1 N–H and O–H groups in total. The molecule has 0 aliphatic rings. The van der Waals surface area contributed by atoms with Gasteiger partial charge < -0.3 is 10.1 Å². The molecule has 0 radical (unpaired) electrons. The summed E-state index contributed by atoms with van der Waals surface area (Å²) in [6.45, 7) is 3.60. The van der Waals surface area contributed by atoms with Crippen LogP contribution in [0.25, 0.3) is 0 Å². The Labute approximate surface area is 148 Å². The van der Waals surface area contributed by atoms with Gasteiger partial charge in [-0.05, 0) is 55.8 Å². The minimum absolute atomic E-state index is 0.261. The lowest BCUT2D eigenvalue weighted by atomic mass is 10.2. The van der Waals surface area contributed by atoms with Crippen LogP contribution < -0.4 is 14.4 Å². The molecule has 0 fully saturated rings. The summed E-state index contributed by atoms with van der Waals surface area (Å²) in [4.78, 5) is 12.2. The van der Waals surface area contributed by atoms with Crippen LogP contribution in [-0.2, 0) is 14.8 Å². The first-order valence-electron chi connectivity index (χ1n) is 7.75. The molecule has 0 spiro atoms. The molecular formula is C18H22N2O4S. The van der Waals surface area contributed by atoms with Gasteiger partial charge in [-0.25, -0.2) is 8.42 Å². The average Bonchev–Trinajstić information content (AvgIpc) is 2.54. The summed E-state index contributed by atoms with van der Waals surface area (Å²) >= 11 is 0. The van der Waals surface area contributed by atoms with E-state index in [1.807, 2.05) is 31.2 Å². The number of hydrogen-bond acceptors (Lipinski definition) is 4.